The van der Waals surface area contributed by atoms with Gasteiger partial charge in [-0.25, -0.2) is 13.8 Å². The molecule has 0 radical (unpaired) electrons. The zero-order valence-corrected chi connectivity index (χ0v) is 8.38. The molecule has 14 heavy (non-hydrogen) atoms. The Bertz CT molecular complexity index is 456. The Hall–Kier alpha value is -1.23. The minimum Gasteiger partial charge on any atom is -0.443 e. The maximum atomic E-state index is 13.3. The van der Waals surface area contributed by atoms with Crippen LogP contribution in [-0.4, -0.2) is 4.98 Å². The SMILES string of the molecule is Fc1ccc(F)c(-c2cnco2)c1Br. The molecular formula is C9H4BrF2NO. The van der Waals surface area contributed by atoms with Crippen molar-refractivity contribution >= 4 is 15.9 Å². The topological polar surface area (TPSA) is 26.0 Å². The van der Waals surface area contributed by atoms with E-state index in [1.54, 1.807) is 0 Å². The molecule has 0 saturated carbocycles. The lowest BCUT2D eigenvalue weighted by Gasteiger charge is -2.02. The summed E-state index contributed by atoms with van der Waals surface area (Å²) in [6, 6.07) is 2.08. The molecule has 0 spiro atoms. The van der Waals surface area contributed by atoms with Crippen LogP contribution in [0.25, 0.3) is 11.3 Å². The molecule has 5 heteroatoms. The summed E-state index contributed by atoms with van der Waals surface area (Å²) in [5.74, 6) is -0.915. The molecule has 2 aromatic rings. The lowest BCUT2D eigenvalue weighted by molar-refractivity contribution is 0.554. The number of hydrogen-bond donors (Lipinski definition) is 0. The number of aromatic nitrogens is 1. The molecule has 2 rings (SSSR count). The average Bonchev–Trinajstić information content (AvgIpc) is 2.65. The van der Waals surface area contributed by atoms with Crippen molar-refractivity contribution in [1.82, 2.24) is 4.98 Å². The zero-order valence-electron chi connectivity index (χ0n) is 6.80. The van der Waals surface area contributed by atoms with E-state index in [2.05, 4.69) is 20.9 Å². The van der Waals surface area contributed by atoms with Crippen LogP contribution in [0.15, 0.2) is 33.6 Å². The minimum atomic E-state index is -0.560. The standard InChI is InChI=1S/C9H4BrF2NO/c10-9-6(12)2-1-5(11)8(9)7-3-13-4-14-7/h1-4H. The van der Waals surface area contributed by atoms with Crippen molar-refractivity contribution in [1.29, 1.82) is 0 Å². The summed E-state index contributed by atoms with van der Waals surface area (Å²) in [4.78, 5) is 3.63. The largest absolute Gasteiger partial charge is 0.443 e. The van der Waals surface area contributed by atoms with Crippen LogP contribution in [0.4, 0.5) is 8.78 Å². The fourth-order valence-electron chi connectivity index (χ4n) is 1.09. The van der Waals surface area contributed by atoms with Crippen LogP contribution in [0.1, 0.15) is 0 Å². The van der Waals surface area contributed by atoms with Crippen molar-refractivity contribution in [2.24, 2.45) is 0 Å². The summed E-state index contributed by atoms with van der Waals surface area (Å²) in [7, 11) is 0. The molecule has 0 aliphatic rings. The monoisotopic (exact) mass is 259 g/mol. The Labute approximate surface area is 86.7 Å². The Kier molecular flexibility index (Phi) is 2.33. The average molecular weight is 260 g/mol. The molecule has 0 unspecified atom stereocenters. The third-order valence-electron chi connectivity index (χ3n) is 1.72. The van der Waals surface area contributed by atoms with Crippen molar-refractivity contribution in [3.63, 3.8) is 0 Å². The van der Waals surface area contributed by atoms with Gasteiger partial charge in [0, 0.05) is 0 Å². The van der Waals surface area contributed by atoms with Crippen molar-refractivity contribution in [3.8, 4) is 11.3 Å². The molecule has 0 amide bonds. The van der Waals surface area contributed by atoms with E-state index in [4.69, 9.17) is 4.42 Å². The first kappa shape index (κ1) is 9.33. The molecule has 0 aliphatic heterocycles. The zero-order chi connectivity index (χ0) is 10.1. The van der Waals surface area contributed by atoms with Gasteiger partial charge in [0.05, 0.1) is 16.2 Å². The van der Waals surface area contributed by atoms with Crippen LogP contribution in [0.5, 0.6) is 0 Å². The van der Waals surface area contributed by atoms with E-state index in [0.29, 0.717) is 0 Å². The van der Waals surface area contributed by atoms with Crippen LogP contribution in [0.2, 0.25) is 0 Å². The Morgan fingerprint density at radius 3 is 2.57 bits per heavy atom. The highest BCUT2D eigenvalue weighted by Gasteiger charge is 2.15. The molecule has 1 heterocycles. The van der Waals surface area contributed by atoms with Crippen molar-refractivity contribution in [2.75, 3.05) is 0 Å². The number of hydrogen-bond acceptors (Lipinski definition) is 2. The van der Waals surface area contributed by atoms with Crippen molar-refractivity contribution in [3.05, 3.63) is 40.8 Å². The first-order valence-electron chi connectivity index (χ1n) is 3.72. The number of halogens is 3. The molecular weight excluding hydrogens is 256 g/mol. The maximum Gasteiger partial charge on any atom is 0.181 e. The lowest BCUT2D eigenvalue weighted by Crippen LogP contribution is -1.88. The smallest absolute Gasteiger partial charge is 0.181 e. The minimum absolute atomic E-state index is 0.0363. The summed E-state index contributed by atoms with van der Waals surface area (Å²) in [5, 5.41) is 0. The molecule has 0 saturated heterocycles. The van der Waals surface area contributed by atoms with E-state index >= 15 is 0 Å². The van der Waals surface area contributed by atoms with Gasteiger partial charge >= 0.3 is 0 Å². The summed E-state index contributed by atoms with van der Waals surface area (Å²) in [6.07, 6.45) is 2.48. The van der Waals surface area contributed by atoms with Gasteiger partial charge in [0.2, 0.25) is 0 Å². The lowest BCUT2D eigenvalue weighted by atomic mass is 10.1. The van der Waals surface area contributed by atoms with Crippen LogP contribution < -0.4 is 0 Å². The first-order valence-corrected chi connectivity index (χ1v) is 4.52. The molecule has 0 fully saturated rings. The normalized spacial score (nSPS) is 10.5. The highest BCUT2D eigenvalue weighted by molar-refractivity contribution is 9.10. The molecule has 1 aromatic heterocycles. The fraction of sp³-hybridized carbons (Fsp3) is 0. The van der Waals surface area contributed by atoms with Gasteiger partial charge in [0.25, 0.3) is 0 Å². The molecule has 1 aromatic carbocycles. The van der Waals surface area contributed by atoms with Gasteiger partial charge in [-0.3, -0.25) is 0 Å². The van der Waals surface area contributed by atoms with Crippen molar-refractivity contribution < 1.29 is 13.2 Å². The quantitative estimate of drug-likeness (QED) is 0.734. The highest BCUT2D eigenvalue weighted by Crippen LogP contribution is 2.32. The Morgan fingerprint density at radius 2 is 1.93 bits per heavy atom. The van der Waals surface area contributed by atoms with E-state index in [-0.39, 0.29) is 15.8 Å². The van der Waals surface area contributed by atoms with E-state index in [1.807, 2.05) is 0 Å². The number of benzene rings is 1. The third-order valence-corrected chi connectivity index (χ3v) is 2.50. The van der Waals surface area contributed by atoms with Gasteiger partial charge < -0.3 is 4.42 Å². The number of oxazole rings is 1. The second-order valence-corrected chi connectivity index (χ2v) is 3.38. The van der Waals surface area contributed by atoms with Gasteiger partial charge in [-0.2, -0.15) is 0 Å². The van der Waals surface area contributed by atoms with E-state index in [1.165, 1.54) is 6.20 Å². The predicted molar refractivity (Wildman–Crippen MR) is 49.6 cm³/mol. The number of rotatable bonds is 1. The van der Waals surface area contributed by atoms with Gasteiger partial charge in [0.15, 0.2) is 12.2 Å². The van der Waals surface area contributed by atoms with Crippen LogP contribution in [0.3, 0.4) is 0 Å². The molecule has 72 valence electrons. The summed E-state index contributed by atoms with van der Waals surface area (Å²) >= 11 is 2.95. The van der Waals surface area contributed by atoms with Crippen LogP contribution in [-0.2, 0) is 0 Å². The third kappa shape index (κ3) is 1.43. The van der Waals surface area contributed by atoms with Gasteiger partial charge in [-0.15, -0.1) is 0 Å². The van der Waals surface area contributed by atoms with Crippen molar-refractivity contribution in [2.45, 2.75) is 0 Å². The first-order chi connectivity index (χ1) is 6.70. The molecule has 0 N–H and O–H groups in total. The maximum absolute atomic E-state index is 13.3. The van der Waals surface area contributed by atoms with E-state index in [9.17, 15) is 8.78 Å². The Balaban J connectivity index is 2.69. The van der Waals surface area contributed by atoms with Crippen LogP contribution in [0, 0.1) is 11.6 Å². The van der Waals surface area contributed by atoms with E-state index in [0.717, 1.165) is 18.5 Å². The number of nitrogens with zero attached hydrogens (tertiary/aromatic N) is 1. The molecule has 2 nitrogen and oxygen atoms in total. The van der Waals surface area contributed by atoms with Crippen LogP contribution >= 0.6 is 15.9 Å². The van der Waals surface area contributed by atoms with Gasteiger partial charge in [0.1, 0.15) is 11.6 Å². The van der Waals surface area contributed by atoms with E-state index < -0.39 is 11.6 Å². The summed E-state index contributed by atoms with van der Waals surface area (Å²) in [6.45, 7) is 0. The molecule has 0 aliphatic carbocycles. The second-order valence-electron chi connectivity index (χ2n) is 2.58. The van der Waals surface area contributed by atoms with Gasteiger partial charge in [-0.1, -0.05) is 0 Å². The van der Waals surface area contributed by atoms with Gasteiger partial charge in [-0.05, 0) is 28.1 Å². The fourth-order valence-corrected chi connectivity index (χ4v) is 1.61. The highest BCUT2D eigenvalue weighted by atomic mass is 79.9. The summed E-state index contributed by atoms with van der Waals surface area (Å²) in [5.41, 5.74) is 0.0440. The second kappa shape index (κ2) is 3.49. The molecule has 0 atom stereocenters. The summed E-state index contributed by atoms with van der Waals surface area (Å²) < 4.78 is 31.3. The molecule has 0 bridgehead atoms. The predicted octanol–water partition coefficient (Wildman–Crippen LogP) is 3.38. The Morgan fingerprint density at radius 1 is 1.21 bits per heavy atom.